The number of allylic oxidation sites excluding steroid dienone is 1. The molecule has 1 rings (SSSR count). The first-order chi connectivity index (χ1) is 7.96. The number of carbonyl (C=O) groups is 1. The fourth-order valence-electron chi connectivity index (χ4n) is 1.52. The molecule has 0 radical (unpaired) electrons. The molecule has 1 aromatic rings. The molecule has 0 saturated carbocycles. The smallest absolute Gasteiger partial charge is 0.294 e. The Bertz CT molecular complexity index is 407. The van der Waals surface area contributed by atoms with Gasteiger partial charge in [-0.1, -0.05) is 24.3 Å². The number of Topliss-reactive ketones (excluding diaryl/α,β-unsaturated/α-hetero) is 1. The van der Waals surface area contributed by atoms with Crippen molar-refractivity contribution in [1.29, 1.82) is 0 Å². The van der Waals surface area contributed by atoms with E-state index >= 15 is 0 Å². The third-order valence-corrected chi connectivity index (χ3v) is 2.34. The number of carbonyl (C=O) groups excluding carboxylic acids is 1. The fourth-order valence-corrected chi connectivity index (χ4v) is 1.52. The number of ketones is 1. The van der Waals surface area contributed by atoms with Crippen LogP contribution in [0, 0.1) is 0 Å². The first-order valence-electron chi connectivity index (χ1n) is 5.27. The van der Waals surface area contributed by atoms with E-state index < -0.39 is 17.5 Å². The zero-order valence-corrected chi connectivity index (χ0v) is 9.26. The second-order valence-corrected chi connectivity index (χ2v) is 3.65. The zero-order valence-electron chi connectivity index (χ0n) is 9.26. The van der Waals surface area contributed by atoms with Crippen molar-refractivity contribution in [3.63, 3.8) is 0 Å². The van der Waals surface area contributed by atoms with Crippen molar-refractivity contribution >= 4 is 5.78 Å². The van der Waals surface area contributed by atoms with E-state index in [-0.39, 0.29) is 12.0 Å². The molecule has 0 heterocycles. The molecule has 1 nitrogen and oxygen atoms in total. The molecule has 92 valence electrons. The highest BCUT2D eigenvalue weighted by Gasteiger charge is 2.34. The van der Waals surface area contributed by atoms with Crippen LogP contribution >= 0.6 is 0 Å². The lowest BCUT2D eigenvalue weighted by atomic mass is 9.99. The molecule has 0 spiro atoms. The summed E-state index contributed by atoms with van der Waals surface area (Å²) in [5, 5.41) is 0. The summed E-state index contributed by atoms with van der Waals surface area (Å²) in [6.45, 7) is 3.50. The Morgan fingerprint density at radius 2 is 1.94 bits per heavy atom. The first-order valence-corrected chi connectivity index (χ1v) is 5.27. The van der Waals surface area contributed by atoms with Gasteiger partial charge in [-0.25, -0.2) is 0 Å². The average Bonchev–Trinajstić information content (AvgIpc) is 2.28. The second kappa shape index (κ2) is 5.66. The molecule has 0 saturated heterocycles. The summed E-state index contributed by atoms with van der Waals surface area (Å²) in [5.74, 6) is -0.472. The number of hydrogen-bond acceptors (Lipinski definition) is 1. The summed E-state index contributed by atoms with van der Waals surface area (Å²) >= 11 is 0. The van der Waals surface area contributed by atoms with Gasteiger partial charge in [0, 0.05) is 12.0 Å². The Morgan fingerprint density at radius 1 is 1.29 bits per heavy atom. The maximum absolute atomic E-state index is 12.6. The van der Waals surface area contributed by atoms with Crippen LogP contribution in [0.3, 0.4) is 0 Å². The Morgan fingerprint density at radius 3 is 2.53 bits per heavy atom. The topological polar surface area (TPSA) is 17.1 Å². The lowest BCUT2D eigenvalue weighted by Crippen LogP contribution is -2.12. The highest BCUT2D eigenvalue weighted by Crippen LogP contribution is 2.32. The molecule has 4 heteroatoms. The van der Waals surface area contributed by atoms with Crippen molar-refractivity contribution in [2.24, 2.45) is 0 Å². The molecule has 0 aliphatic carbocycles. The predicted octanol–water partition coefficient (Wildman–Crippen LogP) is 4.24. The summed E-state index contributed by atoms with van der Waals surface area (Å²) in [6, 6.07) is 4.87. The fraction of sp³-hybridized carbons (Fsp3) is 0.308. The van der Waals surface area contributed by atoms with Crippen molar-refractivity contribution in [3.05, 3.63) is 48.0 Å². The summed E-state index contributed by atoms with van der Waals surface area (Å²) in [7, 11) is 0. The van der Waals surface area contributed by atoms with Crippen LogP contribution < -0.4 is 0 Å². The molecule has 0 aliphatic rings. The van der Waals surface area contributed by atoms with Gasteiger partial charge in [-0.2, -0.15) is 13.2 Å². The van der Waals surface area contributed by atoms with Gasteiger partial charge in [-0.05, 0) is 18.9 Å². The van der Waals surface area contributed by atoms with E-state index in [1.54, 1.807) is 6.08 Å². The van der Waals surface area contributed by atoms with Crippen molar-refractivity contribution < 1.29 is 18.0 Å². The van der Waals surface area contributed by atoms with E-state index in [4.69, 9.17) is 0 Å². The normalized spacial score (nSPS) is 11.2. The number of halogens is 3. The Balaban J connectivity index is 2.90. The molecule has 0 fully saturated rings. The van der Waals surface area contributed by atoms with Gasteiger partial charge >= 0.3 is 6.18 Å². The lowest BCUT2D eigenvalue weighted by molar-refractivity contribution is -0.137. The van der Waals surface area contributed by atoms with Crippen molar-refractivity contribution in [1.82, 2.24) is 0 Å². The number of alkyl halides is 3. The van der Waals surface area contributed by atoms with Gasteiger partial charge in [0.2, 0.25) is 0 Å². The highest BCUT2D eigenvalue weighted by atomic mass is 19.4. The van der Waals surface area contributed by atoms with Crippen LogP contribution in [-0.2, 0) is 6.18 Å². The minimum Gasteiger partial charge on any atom is -0.294 e. The van der Waals surface area contributed by atoms with E-state index in [1.165, 1.54) is 18.2 Å². The summed E-state index contributed by atoms with van der Waals surface area (Å²) < 4.78 is 37.9. The van der Waals surface area contributed by atoms with E-state index in [0.29, 0.717) is 12.8 Å². The quantitative estimate of drug-likeness (QED) is 0.428. The number of hydrogen-bond donors (Lipinski definition) is 0. The van der Waals surface area contributed by atoms with Crippen molar-refractivity contribution in [2.45, 2.75) is 25.4 Å². The second-order valence-electron chi connectivity index (χ2n) is 3.65. The van der Waals surface area contributed by atoms with Crippen LogP contribution in [0.15, 0.2) is 36.9 Å². The molecule has 0 N–H and O–H groups in total. The average molecular weight is 242 g/mol. The van der Waals surface area contributed by atoms with Crippen LogP contribution in [0.2, 0.25) is 0 Å². The maximum Gasteiger partial charge on any atom is 0.417 e. The number of unbranched alkanes of at least 4 members (excludes halogenated alkanes) is 1. The molecule has 0 aromatic heterocycles. The Labute approximate surface area is 98.0 Å². The van der Waals surface area contributed by atoms with Crippen LogP contribution in [0.1, 0.15) is 35.2 Å². The van der Waals surface area contributed by atoms with Gasteiger partial charge in [0.1, 0.15) is 0 Å². The zero-order chi connectivity index (χ0) is 12.9. The Hall–Kier alpha value is -1.58. The molecule has 0 amide bonds. The first kappa shape index (κ1) is 13.5. The maximum atomic E-state index is 12.6. The van der Waals surface area contributed by atoms with Gasteiger partial charge in [0.05, 0.1) is 5.56 Å². The summed E-state index contributed by atoms with van der Waals surface area (Å²) in [5.41, 5.74) is -1.10. The molecule has 0 bridgehead atoms. The monoisotopic (exact) mass is 242 g/mol. The van der Waals surface area contributed by atoms with Crippen LogP contribution in [0.4, 0.5) is 13.2 Å². The Kier molecular flexibility index (Phi) is 4.49. The molecule has 0 aliphatic heterocycles. The molecular weight excluding hydrogens is 229 g/mol. The van der Waals surface area contributed by atoms with E-state index in [1.807, 2.05) is 0 Å². The summed E-state index contributed by atoms with van der Waals surface area (Å²) in [4.78, 5) is 11.7. The van der Waals surface area contributed by atoms with Gasteiger partial charge in [0.15, 0.2) is 5.78 Å². The van der Waals surface area contributed by atoms with E-state index in [9.17, 15) is 18.0 Å². The van der Waals surface area contributed by atoms with Crippen LogP contribution in [-0.4, -0.2) is 5.78 Å². The van der Waals surface area contributed by atoms with Crippen LogP contribution in [0.5, 0.6) is 0 Å². The molecular formula is C13H13F3O. The number of rotatable bonds is 5. The number of benzene rings is 1. The van der Waals surface area contributed by atoms with E-state index in [2.05, 4.69) is 6.58 Å². The van der Waals surface area contributed by atoms with E-state index in [0.717, 1.165) is 6.07 Å². The van der Waals surface area contributed by atoms with Gasteiger partial charge in [-0.15, -0.1) is 6.58 Å². The van der Waals surface area contributed by atoms with Crippen LogP contribution in [0.25, 0.3) is 0 Å². The largest absolute Gasteiger partial charge is 0.417 e. The lowest BCUT2D eigenvalue weighted by Gasteiger charge is -2.11. The van der Waals surface area contributed by atoms with Gasteiger partial charge in [-0.3, -0.25) is 4.79 Å². The van der Waals surface area contributed by atoms with Crippen molar-refractivity contribution in [3.8, 4) is 0 Å². The summed E-state index contributed by atoms with van der Waals surface area (Å²) in [6.07, 6.45) is -1.58. The molecule has 1 aromatic carbocycles. The third-order valence-electron chi connectivity index (χ3n) is 2.34. The molecule has 0 atom stereocenters. The molecule has 0 unspecified atom stereocenters. The minimum atomic E-state index is -4.48. The molecule has 17 heavy (non-hydrogen) atoms. The van der Waals surface area contributed by atoms with Gasteiger partial charge in [0.25, 0.3) is 0 Å². The minimum absolute atomic E-state index is 0.110. The predicted molar refractivity (Wildman–Crippen MR) is 59.8 cm³/mol. The highest BCUT2D eigenvalue weighted by molar-refractivity contribution is 5.97. The standard InChI is InChI=1S/C13H13F3O/c1-2-3-4-9-12(17)10-7-5-6-8-11(10)13(14,15)16/h2,5-8H,1,3-4,9H2. The van der Waals surface area contributed by atoms with Crippen molar-refractivity contribution in [2.75, 3.05) is 0 Å². The van der Waals surface area contributed by atoms with Gasteiger partial charge < -0.3 is 0 Å². The SMILES string of the molecule is C=CCCCC(=O)c1ccccc1C(F)(F)F. The third kappa shape index (κ3) is 3.73.